The van der Waals surface area contributed by atoms with Gasteiger partial charge in [-0.1, -0.05) is 17.9 Å². The number of hydrogen-bond donors (Lipinski definition) is 3. The Labute approximate surface area is 208 Å². The maximum absolute atomic E-state index is 13.5. The molecule has 0 spiro atoms. The molecule has 0 saturated carbocycles. The van der Waals surface area contributed by atoms with E-state index in [4.69, 9.17) is 5.41 Å². The summed E-state index contributed by atoms with van der Waals surface area (Å²) < 4.78 is 40.5. The number of aromatic nitrogens is 1. The summed E-state index contributed by atoms with van der Waals surface area (Å²) in [5.41, 5.74) is 1.25. The van der Waals surface area contributed by atoms with E-state index in [-0.39, 0.29) is 12.1 Å². The number of likely N-dealkylation sites (N-methyl/N-ethyl adjacent to an activating group) is 1. The van der Waals surface area contributed by atoms with Crippen molar-refractivity contribution in [3.63, 3.8) is 0 Å². The Balaban J connectivity index is 1.63. The topological polar surface area (TPSA) is 84.3 Å². The second kappa shape index (κ2) is 12.3. The number of allylic oxidation sites excluding steroid dienone is 1. The monoisotopic (exact) mass is 498 g/mol. The Morgan fingerprint density at radius 2 is 1.94 bits per heavy atom. The molecule has 0 bridgehead atoms. The summed E-state index contributed by atoms with van der Waals surface area (Å²) in [5.74, 6) is 4.58. The molecular weight excluding hydrogens is 469 g/mol. The number of rotatable bonds is 6. The smallest absolute Gasteiger partial charge is 0.380 e. The molecule has 0 atom stereocenters. The van der Waals surface area contributed by atoms with Gasteiger partial charge < -0.3 is 15.5 Å². The molecule has 1 saturated heterocycles. The first-order chi connectivity index (χ1) is 17.1. The largest absolute Gasteiger partial charge is 0.431 e. The lowest BCUT2D eigenvalue weighted by molar-refractivity contribution is -0.0967. The van der Waals surface area contributed by atoms with E-state index >= 15 is 0 Å². The molecule has 36 heavy (non-hydrogen) atoms. The quantitative estimate of drug-likeness (QED) is 0.324. The number of nitrogens with zero attached hydrogens (tertiary/aromatic N) is 3. The number of amidine groups is 1. The van der Waals surface area contributed by atoms with Gasteiger partial charge in [0.25, 0.3) is 5.91 Å². The average molecular weight is 499 g/mol. The molecular formula is C26H29F3N6O. The zero-order valence-corrected chi connectivity index (χ0v) is 20.2. The lowest BCUT2D eigenvalue weighted by Crippen LogP contribution is -2.46. The Morgan fingerprint density at radius 1 is 1.19 bits per heavy atom. The molecule has 190 valence electrons. The van der Waals surface area contributed by atoms with Crippen LogP contribution in [0.15, 0.2) is 54.5 Å². The van der Waals surface area contributed by atoms with Crippen LogP contribution >= 0.6 is 0 Å². The highest BCUT2D eigenvalue weighted by atomic mass is 19.4. The van der Waals surface area contributed by atoms with Gasteiger partial charge in [-0.2, -0.15) is 13.2 Å². The fourth-order valence-electron chi connectivity index (χ4n) is 3.50. The van der Waals surface area contributed by atoms with E-state index in [1.54, 1.807) is 36.7 Å². The summed E-state index contributed by atoms with van der Waals surface area (Å²) in [6.07, 6.45) is -0.834. The molecule has 0 unspecified atom stereocenters. The molecule has 3 rings (SSSR count). The standard InChI is InChI=1S/C26H29F3N6O/c1-19-5-7-22(16-21(19)8-6-20-4-3-9-31-18-20)25(36)33-24(30)17-23(26(27,28)29)32-10-11-35-14-12-34(2)13-15-35/h3-5,7,9,16-18,32H,10-15H2,1-2H3,(H2,30,33,36)/b23-17-. The highest BCUT2D eigenvalue weighted by molar-refractivity contribution is 6.09. The molecule has 0 aliphatic carbocycles. The van der Waals surface area contributed by atoms with Crippen LogP contribution in [-0.4, -0.2) is 79.0 Å². The van der Waals surface area contributed by atoms with E-state index in [2.05, 4.69) is 37.3 Å². The lowest BCUT2D eigenvalue weighted by atomic mass is 10.0. The normalized spacial score (nSPS) is 15.1. The van der Waals surface area contributed by atoms with Crippen LogP contribution in [0.2, 0.25) is 0 Å². The van der Waals surface area contributed by atoms with Crippen LogP contribution in [0.3, 0.4) is 0 Å². The Hall–Kier alpha value is -3.68. The number of nitrogens with one attached hydrogen (secondary N) is 3. The van der Waals surface area contributed by atoms with E-state index in [1.165, 1.54) is 6.07 Å². The van der Waals surface area contributed by atoms with Crippen LogP contribution in [0, 0.1) is 24.2 Å². The molecule has 2 aromatic rings. The van der Waals surface area contributed by atoms with Crippen molar-refractivity contribution in [2.45, 2.75) is 13.1 Å². The maximum Gasteiger partial charge on any atom is 0.431 e. The van der Waals surface area contributed by atoms with E-state index < -0.39 is 23.6 Å². The number of amides is 1. The van der Waals surface area contributed by atoms with Gasteiger partial charge in [-0.15, -0.1) is 0 Å². The third-order valence-electron chi connectivity index (χ3n) is 5.68. The number of alkyl halides is 3. The van der Waals surface area contributed by atoms with Gasteiger partial charge in [-0.3, -0.25) is 20.1 Å². The van der Waals surface area contributed by atoms with Crippen molar-refractivity contribution >= 4 is 11.7 Å². The fourth-order valence-corrected chi connectivity index (χ4v) is 3.50. The summed E-state index contributed by atoms with van der Waals surface area (Å²) in [6, 6.07) is 8.34. The zero-order chi connectivity index (χ0) is 26.1. The Morgan fingerprint density at radius 3 is 2.61 bits per heavy atom. The highest BCUT2D eigenvalue weighted by Gasteiger charge is 2.34. The van der Waals surface area contributed by atoms with Crippen molar-refractivity contribution in [2.24, 2.45) is 0 Å². The summed E-state index contributed by atoms with van der Waals surface area (Å²) >= 11 is 0. The molecule has 2 heterocycles. The molecule has 7 nitrogen and oxygen atoms in total. The van der Waals surface area contributed by atoms with Crippen molar-refractivity contribution in [3.8, 4) is 11.8 Å². The molecule has 1 aromatic heterocycles. The number of benzene rings is 1. The van der Waals surface area contributed by atoms with Gasteiger partial charge in [-0.25, -0.2) is 0 Å². The number of halogens is 3. The maximum atomic E-state index is 13.5. The number of pyridine rings is 1. The fraction of sp³-hybridized carbons (Fsp3) is 0.346. The summed E-state index contributed by atoms with van der Waals surface area (Å²) in [7, 11) is 2.01. The molecule has 0 radical (unpaired) electrons. The molecule has 1 aliphatic rings. The molecule has 3 N–H and O–H groups in total. The molecule has 1 aromatic carbocycles. The number of aryl methyl sites for hydroxylation is 1. The van der Waals surface area contributed by atoms with Gasteiger partial charge in [0, 0.05) is 74.4 Å². The van der Waals surface area contributed by atoms with Gasteiger partial charge in [0.1, 0.15) is 11.5 Å². The number of hydrogen-bond acceptors (Lipinski definition) is 6. The molecule has 1 aliphatic heterocycles. The number of carbonyl (C=O) groups is 1. The second-order valence-corrected chi connectivity index (χ2v) is 8.52. The van der Waals surface area contributed by atoms with Crippen LogP contribution < -0.4 is 10.6 Å². The number of carbonyl (C=O) groups excluding carboxylic acids is 1. The SMILES string of the molecule is Cc1ccc(C(=O)NC(=N)/C=C(\NCCN2CCN(C)CC2)C(F)(F)F)cc1C#Cc1cccnc1. The first-order valence-electron chi connectivity index (χ1n) is 11.5. The van der Waals surface area contributed by atoms with Crippen LogP contribution in [0.25, 0.3) is 0 Å². The van der Waals surface area contributed by atoms with Crippen molar-refractivity contribution < 1.29 is 18.0 Å². The first kappa shape index (κ1) is 26.9. The Kier molecular flexibility index (Phi) is 9.22. The summed E-state index contributed by atoms with van der Waals surface area (Å²) in [4.78, 5) is 20.9. The lowest BCUT2D eigenvalue weighted by Gasteiger charge is -2.32. The minimum atomic E-state index is -4.68. The van der Waals surface area contributed by atoms with Gasteiger partial charge in [0.2, 0.25) is 0 Å². The zero-order valence-electron chi connectivity index (χ0n) is 20.2. The van der Waals surface area contributed by atoms with Crippen molar-refractivity contribution in [1.82, 2.24) is 25.4 Å². The van der Waals surface area contributed by atoms with Crippen LogP contribution in [0.4, 0.5) is 13.2 Å². The first-order valence-corrected chi connectivity index (χ1v) is 11.5. The molecule has 10 heteroatoms. The van der Waals surface area contributed by atoms with E-state index in [0.29, 0.717) is 23.7 Å². The third kappa shape index (κ3) is 8.22. The summed E-state index contributed by atoms with van der Waals surface area (Å²) in [5, 5.41) is 12.5. The van der Waals surface area contributed by atoms with Crippen molar-refractivity contribution in [1.29, 1.82) is 5.41 Å². The second-order valence-electron chi connectivity index (χ2n) is 8.52. The molecule has 1 fully saturated rings. The van der Waals surface area contributed by atoms with Gasteiger partial charge in [-0.05, 0) is 43.8 Å². The van der Waals surface area contributed by atoms with Crippen molar-refractivity contribution in [2.75, 3.05) is 46.3 Å². The highest BCUT2D eigenvalue weighted by Crippen LogP contribution is 2.23. The number of piperazine rings is 1. The predicted molar refractivity (Wildman–Crippen MR) is 133 cm³/mol. The minimum Gasteiger partial charge on any atom is -0.380 e. The van der Waals surface area contributed by atoms with E-state index in [9.17, 15) is 18.0 Å². The van der Waals surface area contributed by atoms with Crippen LogP contribution in [0.1, 0.15) is 27.0 Å². The predicted octanol–water partition coefficient (Wildman–Crippen LogP) is 2.78. The summed E-state index contributed by atoms with van der Waals surface area (Å²) in [6.45, 7) is 5.69. The van der Waals surface area contributed by atoms with Gasteiger partial charge in [0.05, 0.1) is 0 Å². The van der Waals surface area contributed by atoms with Crippen LogP contribution in [-0.2, 0) is 0 Å². The minimum absolute atomic E-state index is 0.0766. The van der Waals surface area contributed by atoms with E-state index in [0.717, 1.165) is 31.7 Å². The third-order valence-corrected chi connectivity index (χ3v) is 5.68. The Bertz CT molecular complexity index is 1160. The van der Waals surface area contributed by atoms with Gasteiger partial charge >= 0.3 is 6.18 Å². The van der Waals surface area contributed by atoms with Crippen LogP contribution in [0.5, 0.6) is 0 Å². The van der Waals surface area contributed by atoms with Crippen molar-refractivity contribution in [3.05, 3.63) is 76.8 Å². The van der Waals surface area contributed by atoms with E-state index in [1.807, 2.05) is 14.0 Å². The molecule has 1 amide bonds. The average Bonchev–Trinajstić information content (AvgIpc) is 2.84. The van der Waals surface area contributed by atoms with Gasteiger partial charge in [0.15, 0.2) is 0 Å².